The molecular formula is C12H20N2S. The van der Waals surface area contributed by atoms with Crippen LogP contribution in [0.1, 0.15) is 25.5 Å². The van der Waals surface area contributed by atoms with Crippen molar-refractivity contribution in [2.75, 3.05) is 12.8 Å². The molecule has 0 saturated carbocycles. The fraction of sp³-hybridized carbons (Fsp3) is 0.500. The molecule has 0 spiro atoms. The van der Waals surface area contributed by atoms with Gasteiger partial charge in [0.2, 0.25) is 0 Å². The average Bonchev–Trinajstić information content (AvgIpc) is 2.29. The molecule has 2 unspecified atom stereocenters. The lowest BCUT2D eigenvalue weighted by molar-refractivity contribution is 0.485. The van der Waals surface area contributed by atoms with Gasteiger partial charge in [-0.2, -0.15) is 0 Å². The first-order valence-corrected chi connectivity index (χ1v) is 6.50. The van der Waals surface area contributed by atoms with E-state index in [0.29, 0.717) is 18.6 Å². The lowest BCUT2D eigenvalue weighted by Crippen LogP contribution is -2.34. The first-order valence-electron chi connectivity index (χ1n) is 5.27. The van der Waals surface area contributed by atoms with Crippen LogP contribution in [-0.4, -0.2) is 18.8 Å². The second kappa shape index (κ2) is 6.16. The minimum atomic E-state index is 0.361. The summed E-state index contributed by atoms with van der Waals surface area (Å²) in [5, 5.41) is 3.45. The SMILES string of the molecule is CSc1ccc(C(C)NC(C)CN)cc1. The van der Waals surface area contributed by atoms with Crippen LogP contribution in [0.2, 0.25) is 0 Å². The van der Waals surface area contributed by atoms with Crippen LogP contribution in [0.15, 0.2) is 29.2 Å². The molecular weight excluding hydrogens is 204 g/mol. The Kier molecular flexibility index (Phi) is 5.15. The molecule has 0 fully saturated rings. The Hall–Kier alpha value is -0.510. The molecule has 15 heavy (non-hydrogen) atoms. The van der Waals surface area contributed by atoms with Crippen molar-refractivity contribution in [3.05, 3.63) is 29.8 Å². The Labute approximate surface area is 96.6 Å². The van der Waals surface area contributed by atoms with E-state index in [-0.39, 0.29) is 0 Å². The highest BCUT2D eigenvalue weighted by atomic mass is 32.2. The van der Waals surface area contributed by atoms with E-state index >= 15 is 0 Å². The van der Waals surface area contributed by atoms with E-state index in [1.54, 1.807) is 11.8 Å². The van der Waals surface area contributed by atoms with Gasteiger partial charge in [0.15, 0.2) is 0 Å². The highest BCUT2D eigenvalue weighted by molar-refractivity contribution is 7.98. The van der Waals surface area contributed by atoms with Gasteiger partial charge in [0.25, 0.3) is 0 Å². The number of hydrogen-bond acceptors (Lipinski definition) is 3. The molecule has 2 nitrogen and oxygen atoms in total. The fourth-order valence-electron chi connectivity index (χ4n) is 1.48. The fourth-order valence-corrected chi connectivity index (χ4v) is 1.89. The molecule has 1 rings (SSSR count). The number of hydrogen-bond donors (Lipinski definition) is 2. The molecule has 0 aliphatic rings. The number of benzene rings is 1. The zero-order valence-electron chi connectivity index (χ0n) is 9.66. The van der Waals surface area contributed by atoms with Gasteiger partial charge in [-0.1, -0.05) is 12.1 Å². The monoisotopic (exact) mass is 224 g/mol. The number of nitrogens with two attached hydrogens (primary N) is 1. The zero-order valence-corrected chi connectivity index (χ0v) is 10.5. The summed E-state index contributed by atoms with van der Waals surface area (Å²) in [4.78, 5) is 1.30. The maximum absolute atomic E-state index is 5.58. The molecule has 0 saturated heterocycles. The van der Waals surface area contributed by atoms with Gasteiger partial charge in [0.05, 0.1) is 0 Å². The first-order chi connectivity index (χ1) is 7.17. The van der Waals surface area contributed by atoms with Gasteiger partial charge in [-0.3, -0.25) is 0 Å². The van der Waals surface area contributed by atoms with Crippen LogP contribution in [0.4, 0.5) is 0 Å². The lowest BCUT2D eigenvalue weighted by atomic mass is 10.1. The van der Waals surface area contributed by atoms with Crippen LogP contribution in [0.25, 0.3) is 0 Å². The van der Waals surface area contributed by atoms with Crippen molar-refractivity contribution in [3.63, 3.8) is 0 Å². The molecule has 0 aliphatic carbocycles. The molecule has 0 amide bonds. The summed E-state index contributed by atoms with van der Waals surface area (Å²) < 4.78 is 0. The minimum Gasteiger partial charge on any atom is -0.329 e. The third kappa shape index (κ3) is 3.86. The number of rotatable bonds is 5. The van der Waals surface area contributed by atoms with Crippen LogP contribution < -0.4 is 11.1 Å². The normalized spacial score (nSPS) is 14.9. The average molecular weight is 224 g/mol. The maximum atomic E-state index is 5.58. The number of nitrogens with one attached hydrogen (secondary N) is 1. The topological polar surface area (TPSA) is 38.0 Å². The smallest absolute Gasteiger partial charge is 0.0294 e. The Morgan fingerprint density at radius 2 is 1.87 bits per heavy atom. The van der Waals surface area contributed by atoms with Crippen LogP contribution >= 0.6 is 11.8 Å². The summed E-state index contributed by atoms with van der Waals surface area (Å²) in [6.07, 6.45) is 2.09. The van der Waals surface area contributed by atoms with E-state index in [0.717, 1.165) is 0 Å². The standard InChI is InChI=1S/C12H20N2S/c1-9(8-13)14-10(2)11-4-6-12(15-3)7-5-11/h4-7,9-10,14H,8,13H2,1-3H3. The largest absolute Gasteiger partial charge is 0.329 e. The minimum absolute atomic E-state index is 0.361. The Morgan fingerprint density at radius 1 is 1.27 bits per heavy atom. The van der Waals surface area contributed by atoms with E-state index < -0.39 is 0 Å². The molecule has 0 heterocycles. The van der Waals surface area contributed by atoms with Crippen molar-refractivity contribution >= 4 is 11.8 Å². The van der Waals surface area contributed by atoms with Gasteiger partial charge < -0.3 is 11.1 Å². The predicted molar refractivity (Wildman–Crippen MR) is 68.3 cm³/mol. The molecule has 2 atom stereocenters. The van der Waals surface area contributed by atoms with E-state index in [4.69, 9.17) is 5.73 Å². The summed E-state index contributed by atoms with van der Waals surface area (Å²) in [5.41, 5.74) is 6.89. The Bertz CT molecular complexity index is 284. The van der Waals surface area contributed by atoms with E-state index in [2.05, 4.69) is 49.7 Å². The third-order valence-corrected chi connectivity index (χ3v) is 3.25. The summed E-state index contributed by atoms with van der Waals surface area (Å²) >= 11 is 1.77. The van der Waals surface area contributed by atoms with E-state index in [1.807, 2.05) is 0 Å². The van der Waals surface area contributed by atoms with Crippen LogP contribution in [-0.2, 0) is 0 Å². The van der Waals surface area contributed by atoms with Crippen molar-refractivity contribution in [2.45, 2.75) is 30.8 Å². The molecule has 0 radical (unpaired) electrons. The van der Waals surface area contributed by atoms with Crippen LogP contribution in [0.3, 0.4) is 0 Å². The summed E-state index contributed by atoms with van der Waals surface area (Å²) in [6.45, 7) is 4.94. The van der Waals surface area contributed by atoms with Crippen molar-refractivity contribution in [3.8, 4) is 0 Å². The second-order valence-corrected chi connectivity index (χ2v) is 4.68. The molecule has 0 aromatic heterocycles. The van der Waals surface area contributed by atoms with Gasteiger partial charge in [0, 0.05) is 23.5 Å². The maximum Gasteiger partial charge on any atom is 0.0294 e. The highest BCUT2D eigenvalue weighted by Gasteiger charge is 2.07. The highest BCUT2D eigenvalue weighted by Crippen LogP contribution is 2.18. The first kappa shape index (κ1) is 12.6. The summed E-state index contributed by atoms with van der Waals surface area (Å²) in [7, 11) is 0. The molecule has 1 aromatic rings. The third-order valence-electron chi connectivity index (χ3n) is 2.50. The molecule has 84 valence electrons. The molecule has 3 N–H and O–H groups in total. The second-order valence-electron chi connectivity index (χ2n) is 3.80. The van der Waals surface area contributed by atoms with E-state index in [9.17, 15) is 0 Å². The van der Waals surface area contributed by atoms with Crippen LogP contribution in [0.5, 0.6) is 0 Å². The number of thioether (sulfide) groups is 1. The molecule has 0 bridgehead atoms. The molecule has 1 aromatic carbocycles. The van der Waals surface area contributed by atoms with Gasteiger partial charge in [-0.05, 0) is 37.8 Å². The van der Waals surface area contributed by atoms with Gasteiger partial charge >= 0.3 is 0 Å². The van der Waals surface area contributed by atoms with Crippen molar-refractivity contribution in [1.29, 1.82) is 0 Å². The summed E-state index contributed by atoms with van der Waals surface area (Å²) in [6, 6.07) is 9.38. The van der Waals surface area contributed by atoms with Gasteiger partial charge in [0.1, 0.15) is 0 Å². The zero-order chi connectivity index (χ0) is 11.3. The lowest BCUT2D eigenvalue weighted by Gasteiger charge is -2.19. The quantitative estimate of drug-likeness (QED) is 0.754. The van der Waals surface area contributed by atoms with Crippen molar-refractivity contribution < 1.29 is 0 Å². The van der Waals surface area contributed by atoms with Gasteiger partial charge in [-0.25, -0.2) is 0 Å². The summed E-state index contributed by atoms with van der Waals surface area (Å²) in [5.74, 6) is 0. The van der Waals surface area contributed by atoms with Crippen molar-refractivity contribution in [2.24, 2.45) is 5.73 Å². The molecule has 3 heteroatoms. The van der Waals surface area contributed by atoms with Crippen molar-refractivity contribution in [1.82, 2.24) is 5.32 Å². The van der Waals surface area contributed by atoms with Crippen LogP contribution in [0, 0.1) is 0 Å². The Morgan fingerprint density at radius 3 is 2.33 bits per heavy atom. The Balaban J connectivity index is 2.61. The van der Waals surface area contributed by atoms with Gasteiger partial charge in [-0.15, -0.1) is 11.8 Å². The molecule has 0 aliphatic heterocycles. The van der Waals surface area contributed by atoms with E-state index in [1.165, 1.54) is 10.5 Å². The predicted octanol–water partition coefficient (Wildman–Crippen LogP) is 2.41.